The van der Waals surface area contributed by atoms with Gasteiger partial charge in [0.2, 0.25) is 5.91 Å². The van der Waals surface area contributed by atoms with Crippen molar-refractivity contribution in [3.63, 3.8) is 0 Å². The smallest absolute Gasteiger partial charge is 0.224 e. The zero-order chi connectivity index (χ0) is 16.0. The van der Waals surface area contributed by atoms with E-state index < -0.39 is 0 Å². The number of aromatic nitrogens is 2. The Hall–Kier alpha value is -1.88. The molecule has 0 aliphatic carbocycles. The summed E-state index contributed by atoms with van der Waals surface area (Å²) in [6.45, 7) is 6.13. The molecule has 2 aliphatic rings. The molecule has 0 unspecified atom stereocenters. The van der Waals surface area contributed by atoms with Gasteiger partial charge < -0.3 is 15.2 Å². The first-order valence-corrected chi connectivity index (χ1v) is 8.61. The van der Waals surface area contributed by atoms with Crippen molar-refractivity contribution < 1.29 is 4.79 Å². The number of aromatic amines is 1. The summed E-state index contributed by atoms with van der Waals surface area (Å²) in [5, 5.41) is 3.44. The van der Waals surface area contributed by atoms with Crippen molar-refractivity contribution in [3.05, 3.63) is 29.1 Å². The van der Waals surface area contributed by atoms with E-state index in [9.17, 15) is 4.79 Å². The number of benzene rings is 1. The molecule has 0 saturated carbocycles. The minimum Gasteiger partial charge on any atom is -0.342 e. The maximum atomic E-state index is 12.1. The predicted octanol–water partition coefficient (Wildman–Crippen LogP) is 2.08. The number of hydrogen-bond acceptors (Lipinski definition) is 3. The number of aryl methyl sites for hydroxylation is 3. The van der Waals surface area contributed by atoms with E-state index in [1.54, 1.807) is 0 Å². The predicted molar refractivity (Wildman–Crippen MR) is 90.4 cm³/mol. The quantitative estimate of drug-likeness (QED) is 0.908. The summed E-state index contributed by atoms with van der Waals surface area (Å²) in [6.07, 6.45) is 3.63. The lowest BCUT2D eigenvalue weighted by Crippen LogP contribution is -2.36. The molecule has 2 fully saturated rings. The molecule has 122 valence electrons. The summed E-state index contributed by atoms with van der Waals surface area (Å²) in [7, 11) is 0. The average Bonchev–Trinajstić information content (AvgIpc) is 3.20. The molecule has 5 heteroatoms. The largest absolute Gasteiger partial charge is 0.342 e. The standard InChI is InChI=1S/C18H24N4O/c1-11-5-6-13-18(12(11)2)21-16(20-13)4-3-9-22-15-7-8-19-14(15)10-17(22)23/h5-6,14-15,19H,3-4,7-10H2,1-2H3,(H,20,21)/t14-,15-/m1/s1. The van der Waals surface area contributed by atoms with Gasteiger partial charge in [0.05, 0.1) is 11.0 Å². The molecule has 2 aliphatic heterocycles. The summed E-state index contributed by atoms with van der Waals surface area (Å²) < 4.78 is 0. The molecule has 0 spiro atoms. The number of likely N-dealkylation sites (tertiary alicyclic amines) is 1. The normalized spacial score (nSPS) is 23.9. The van der Waals surface area contributed by atoms with Gasteiger partial charge in [-0.05, 0) is 50.4 Å². The minimum atomic E-state index is 0.309. The minimum absolute atomic E-state index is 0.309. The zero-order valence-corrected chi connectivity index (χ0v) is 13.9. The Morgan fingerprint density at radius 2 is 2.22 bits per heavy atom. The Morgan fingerprint density at radius 3 is 3.09 bits per heavy atom. The van der Waals surface area contributed by atoms with E-state index in [1.807, 2.05) is 0 Å². The molecule has 5 nitrogen and oxygen atoms in total. The van der Waals surface area contributed by atoms with Gasteiger partial charge in [-0.15, -0.1) is 0 Å². The Morgan fingerprint density at radius 1 is 1.35 bits per heavy atom. The van der Waals surface area contributed by atoms with Gasteiger partial charge in [0.1, 0.15) is 5.82 Å². The van der Waals surface area contributed by atoms with Gasteiger partial charge in [-0.25, -0.2) is 4.98 Å². The Kier molecular flexibility index (Phi) is 3.60. The van der Waals surface area contributed by atoms with Crippen LogP contribution >= 0.6 is 0 Å². The summed E-state index contributed by atoms with van der Waals surface area (Å²) in [5.74, 6) is 1.34. The highest BCUT2D eigenvalue weighted by Crippen LogP contribution is 2.26. The van der Waals surface area contributed by atoms with E-state index in [2.05, 4.69) is 41.2 Å². The van der Waals surface area contributed by atoms with Crippen LogP contribution in [0.4, 0.5) is 0 Å². The van der Waals surface area contributed by atoms with Gasteiger partial charge >= 0.3 is 0 Å². The summed E-state index contributed by atoms with van der Waals surface area (Å²) in [4.78, 5) is 22.4. The van der Waals surface area contributed by atoms with E-state index in [4.69, 9.17) is 4.98 Å². The fourth-order valence-corrected chi connectivity index (χ4v) is 4.02. The first-order valence-electron chi connectivity index (χ1n) is 8.61. The molecule has 2 atom stereocenters. The molecule has 2 saturated heterocycles. The van der Waals surface area contributed by atoms with Crippen LogP contribution in [-0.2, 0) is 11.2 Å². The van der Waals surface area contributed by atoms with Crippen LogP contribution in [0.15, 0.2) is 12.1 Å². The number of imidazole rings is 1. The van der Waals surface area contributed by atoms with Gasteiger partial charge in [-0.3, -0.25) is 4.79 Å². The van der Waals surface area contributed by atoms with Gasteiger partial charge in [0.25, 0.3) is 0 Å². The zero-order valence-electron chi connectivity index (χ0n) is 13.9. The van der Waals surface area contributed by atoms with Crippen LogP contribution in [0.25, 0.3) is 11.0 Å². The van der Waals surface area contributed by atoms with Crippen LogP contribution in [0.1, 0.15) is 36.2 Å². The van der Waals surface area contributed by atoms with Crippen LogP contribution in [0, 0.1) is 13.8 Å². The molecule has 4 rings (SSSR count). The molecule has 0 bridgehead atoms. The lowest BCUT2D eigenvalue weighted by atomic mass is 10.1. The van der Waals surface area contributed by atoms with Crippen molar-refractivity contribution in [3.8, 4) is 0 Å². The Labute approximate surface area is 136 Å². The monoisotopic (exact) mass is 312 g/mol. The Balaban J connectivity index is 1.41. The van der Waals surface area contributed by atoms with Crippen LogP contribution in [0.3, 0.4) is 0 Å². The topological polar surface area (TPSA) is 61.0 Å². The molecule has 3 heterocycles. The third kappa shape index (κ3) is 2.53. The number of nitrogens with one attached hydrogen (secondary N) is 2. The molecule has 2 N–H and O–H groups in total. The van der Waals surface area contributed by atoms with E-state index in [0.717, 1.165) is 49.2 Å². The second-order valence-electron chi connectivity index (χ2n) is 6.90. The highest BCUT2D eigenvalue weighted by Gasteiger charge is 2.41. The van der Waals surface area contributed by atoms with Gasteiger partial charge in [0, 0.05) is 31.5 Å². The van der Waals surface area contributed by atoms with E-state index in [1.165, 1.54) is 11.1 Å². The SMILES string of the molecule is Cc1ccc2[nH]c(CCCN3C(=O)C[C@H]4NCC[C@H]43)nc2c1C. The van der Waals surface area contributed by atoms with Crippen molar-refractivity contribution in [1.29, 1.82) is 0 Å². The molecule has 1 amide bonds. The third-order valence-electron chi connectivity index (χ3n) is 5.47. The second kappa shape index (κ2) is 5.64. The number of fused-ring (bicyclic) bond motifs is 2. The first-order chi connectivity index (χ1) is 11.1. The fraction of sp³-hybridized carbons (Fsp3) is 0.556. The molecular weight excluding hydrogens is 288 g/mol. The number of nitrogens with zero attached hydrogens (tertiary/aromatic N) is 2. The number of carbonyl (C=O) groups is 1. The highest BCUT2D eigenvalue weighted by molar-refractivity contribution is 5.80. The lowest BCUT2D eigenvalue weighted by Gasteiger charge is -2.23. The summed E-state index contributed by atoms with van der Waals surface area (Å²) >= 11 is 0. The average molecular weight is 312 g/mol. The lowest BCUT2D eigenvalue weighted by molar-refractivity contribution is -0.129. The fourth-order valence-electron chi connectivity index (χ4n) is 4.02. The number of amides is 1. The second-order valence-corrected chi connectivity index (χ2v) is 6.90. The number of rotatable bonds is 4. The van der Waals surface area contributed by atoms with Crippen LogP contribution < -0.4 is 5.32 Å². The van der Waals surface area contributed by atoms with E-state index >= 15 is 0 Å². The molecule has 1 aromatic carbocycles. The number of H-pyrrole nitrogens is 1. The maximum absolute atomic E-state index is 12.1. The van der Waals surface area contributed by atoms with Gasteiger partial charge in [0.15, 0.2) is 0 Å². The van der Waals surface area contributed by atoms with Crippen LogP contribution in [0.5, 0.6) is 0 Å². The maximum Gasteiger partial charge on any atom is 0.224 e. The van der Waals surface area contributed by atoms with Crippen molar-refractivity contribution in [1.82, 2.24) is 20.2 Å². The van der Waals surface area contributed by atoms with Crippen molar-refractivity contribution >= 4 is 16.9 Å². The van der Waals surface area contributed by atoms with E-state index in [-0.39, 0.29) is 0 Å². The number of hydrogen-bond donors (Lipinski definition) is 2. The van der Waals surface area contributed by atoms with Gasteiger partial charge in [-0.1, -0.05) is 6.07 Å². The molecule has 1 aromatic heterocycles. The Bertz CT molecular complexity index is 751. The highest BCUT2D eigenvalue weighted by atomic mass is 16.2. The summed E-state index contributed by atoms with van der Waals surface area (Å²) in [6, 6.07) is 5.05. The van der Waals surface area contributed by atoms with Crippen molar-refractivity contribution in [2.75, 3.05) is 13.1 Å². The molecule has 2 aromatic rings. The van der Waals surface area contributed by atoms with Crippen LogP contribution in [0.2, 0.25) is 0 Å². The van der Waals surface area contributed by atoms with Crippen LogP contribution in [-0.4, -0.2) is 45.9 Å². The van der Waals surface area contributed by atoms with Crippen molar-refractivity contribution in [2.24, 2.45) is 0 Å². The third-order valence-corrected chi connectivity index (χ3v) is 5.47. The number of carbonyl (C=O) groups excluding carboxylic acids is 1. The van der Waals surface area contributed by atoms with E-state index in [0.29, 0.717) is 24.4 Å². The first kappa shape index (κ1) is 14.7. The molecule has 0 radical (unpaired) electrons. The van der Waals surface area contributed by atoms with Crippen molar-refractivity contribution in [2.45, 2.75) is 51.6 Å². The molecular formula is C18H24N4O. The summed E-state index contributed by atoms with van der Waals surface area (Å²) in [5.41, 5.74) is 4.72. The van der Waals surface area contributed by atoms with Gasteiger partial charge in [-0.2, -0.15) is 0 Å². The molecule has 23 heavy (non-hydrogen) atoms.